The van der Waals surface area contributed by atoms with Crippen LogP contribution in [0.15, 0.2) is 25.1 Å². The Labute approximate surface area is 115 Å². The maximum atomic E-state index is 11.6. The summed E-state index contributed by atoms with van der Waals surface area (Å²) in [5, 5.41) is 9.51. The van der Waals surface area contributed by atoms with Crippen molar-refractivity contribution in [3.05, 3.63) is 25.1 Å². The third-order valence-corrected chi connectivity index (χ3v) is 3.34. The van der Waals surface area contributed by atoms with Crippen molar-refractivity contribution >= 4 is 5.97 Å². The molecule has 0 aromatic rings. The van der Waals surface area contributed by atoms with Crippen LogP contribution in [0.3, 0.4) is 0 Å². The molecule has 4 nitrogen and oxygen atoms in total. The average molecular weight is 267 g/mol. The van der Waals surface area contributed by atoms with E-state index < -0.39 is 11.4 Å². The molecule has 0 aromatic carbocycles. The molecule has 1 unspecified atom stereocenters. The molecular weight excluding hydrogens is 242 g/mol. The van der Waals surface area contributed by atoms with Gasteiger partial charge in [0, 0.05) is 13.1 Å². The summed E-state index contributed by atoms with van der Waals surface area (Å²) in [4.78, 5) is 13.5. The lowest BCUT2D eigenvalue weighted by molar-refractivity contribution is -0.153. The molecule has 0 amide bonds. The molecule has 0 radical (unpaired) electrons. The topological polar surface area (TPSA) is 49.8 Å². The highest BCUT2D eigenvalue weighted by molar-refractivity contribution is 5.75. The molecule has 1 N–H and O–H groups in total. The van der Waals surface area contributed by atoms with Crippen LogP contribution in [0.25, 0.3) is 0 Å². The Morgan fingerprint density at radius 1 is 1.53 bits per heavy atom. The van der Waals surface area contributed by atoms with Crippen molar-refractivity contribution < 1.29 is 14.6 Å². The predicted octanol–water partition coefficient (Wildman–Crippen LogP) is 3.02. The van der Waals surface area contributed by atoms with Crippen LogP contribution in [0.4, 0.5) is 0 Å². The Bertz CT molecular complexity index is 370. The van der Waals surface area contributed by atoms with Crippen molar-refractivity contribution in [3.8, 4) is 0 Å². The van der Waals surface area contributed by atoms with Crippen molar-refractivity contribution in [1.82, 2.24) is 4.90 Å². The van der Waals surface area contributed by atoms with Crippen LogP contribution < -0.4 is 0 Å². The van der Waals surface area contributed by atoms with Crippen molar-refractivity contribution in [1.29, 1.82) is 0 Å². The Hall–Kier alpha value is -1.45. The summed E-state index contributed by atoms with van der Waals surface area (Å²) in [6.45, 7) is 14.7. The van der Waals surface area contributed by atoms with Crippen LogP contribution in [-0.4, -0.2) is 34.7 Å². The van der Waals surface area contributed by atoms with Crippen LogP contribution in [0, 0.1) is 5.41 Å². The summed E-state index contributed by atoms with van der Waals surface area (Å²) in [6.07, 6.45) is 3.66. The predicted molar refractivity (Wildman–Crippen MR) is 75.7 cm³/mol. The number of carboxylic acids is 1. The lowest BCUT2D eigenvalue weighted by Gasteiger charge is -2.42. The van der Waals surface area contributed by atoms with Gasteiger partial charge in [-0.1, -0.05) is 6.08 Å². The second-order valence-corrected chi connectivity index (χ2v) is 6.21. The van der Waals surface area contributed by atoms with Gasteiger partial charge in [0.1, 0.15) is 5.60 Å². The molecule has 19 heavy (non-hydrogen) atoms. The third-order valence-electron chi connectivity index (χ3n) is 3.34. The molecule has 1 rings (SSSR count). The van der Waals surface area contributed by atoms with E-state index in [0.29, 0.717) is 25.3 Å². The summed E-state index contributed by atoms with van der Waals surface area (Å²) >= 11 is 0. The van der Waals surface area contributed by atoms with Gasteiger partial charge in [0.15, 0.2) is 5.88 Å². The van der Waals surface area contributed by atoms with Crippen LogP contribution >= 0.6 is 0 Å². The number of ether oxygens (including phenoxy) is 1. The molecule has 0 bridgehead atoms. The monoisotopic (exact) mass is 267 g/mol. The van der Waals surface area contributed by atoms with Crippen molar-refractivity contribution in [3.63, 3.8) is 0 Å². The second kappa shape index (κ2) is 5.68. The van der Waals surface area contributed by atoms with Gasteiger partial charge in [-0.2, -0.15) is 0 Å². The van der Waals surface area contributed by atoms with Crippen LogP contribution in [0.2, 0.25) is 0 Å². The fourth-order valence-electron chi connectivity index (χ4n) is 2.47. The summed E-state index contributed by atoms with van der Waals surface area (Å²) in [6, 6.07) is 0. The van der Waals surface area contributed by atoms with Gasteiger partial charge in [-0.25, -0.2) is 0 Å². The average Bonchev–Trinajstić information content (AvgIpc) is 2.27. The Morgan fingerprint density at radius 2 is 2.16 bits per heavy atom. The van der Waals surface area contributed by atoms with Crippen molar-refractivity contribution in [2.45, 2.75) is 45.6 Å². The van der Waals surface area contributed by atoms with Crippen molar-refractivity contribution in [2.75, 3.05) is 13.1 Å². The first kappa shape index (κ1) is 15.6. The molecule has 0 saturated carbocycles. The van der Waals surface area contributed by atoms with Crippen LogP contribution in [0.1, 0.15) is 40.0 Å². The molecule has 4 heteroatoms. The summed E-state index contributed by atoms with van der Waals surface area (Å²) in [5.74, 6) is -0.206. The molecule has 1 fully saturated rings. The molecule has 1 aliphatic rings. The SMILES string of the molecule is C=CCC1(C(=O)O)CCCN(C(=C)OC(C)(C)C)C1. The maximum absolute atomic E-state index is 11.6. The zero-order valence-corrected chi connectivity index (χ0v) is 12.2. The molecule has 1 aliphatic heterocycles. The van der Waals surface area contributed by atoms with E-state index in [1.807, 2.05) is 25.7 Å². The lowest BCUT2D eigenvalue weighted by atomic mass is 9.77. The molecule has 0 spiro atoms. The smallest absolute Gasteiger partial charge is 0.311 e. The molecular formula is C15H25NO3. The van der Waals surface area contributed by atoms with Gasteiger partial charge in [-0.3, -0.25) is 4.79 Å². The van der Waals surface area contributed by atoms with Gasteiger partial charge >= 0.3 is 5.97 Å². The highest BCUT2D eigenvalue weighted by Crippen LogP contribution is 2.36. The first-order valence-electron chi connectivity index (χ1n) is 6.67. The number of rotatable bonds is 5. The minimum absolute atomic E-state index is 0.321. The second-order valence-electron chi connectivity index (χ2n) is 6.21. The van der Waals surface area contributed by atoms with E-state index in [4.69, 9.17) is 4.74 Å². The lowest BCUT2D eigenvalue weighted by Crippen LogP contribution is -2.48. The van der Waals surface area contributed by atoms with E-state index in [2.05, 4.69) is 13.2 Å². The number of hydrogen-bond acceptors (Lipinski definition) is 3. The number of likely N-dealkylation sites (tertiary alicyclic amines) is 1. The van der Waals surface area contributed by atoms with E-state index in [1.54, 1.807) is 6.08 Å². The third kappa shape index (κ3) is 4.01. The molecule has 0 aromatic heterocycles. The quantitative estimate of drug-likeness (QED) is 0.614. The number of nitrogens with zero attached hydrogens (tertiary/aromatic N) is 1. The van der Waals surface area contributed by atoms with Crippen molar-refractivity contribution in [2.24, 2.45) is 5.41 Å². The van der Waals surface area contributed by atoms with Gasteiger partial charge in [0.05, 0.1) is 5.41 Å². The Morgan fingerprint density at radius 3 is 2.63 bits per heavy atom. The summed E-state index contributed by atoms with van der Waals surface area (Å²) < 4.78 is 5.74. The first-order valence-corrected chi connectivity index (χ1v) is 6.67. The largest absolute Gasteiger partial charge is 0.481 e. The van der Waals surface area contributed by atoms with E-state index in [0.717, 1.165) is 13.0 Å². The fraction of sp³-hybridized carbons (Fsp3) is 0.667. The number of piperidine rings is 1. The number of aliphatic carboxylic acids is 1. The number of carbonyl (C=O) groups is 1. The summed E-state index contributed by atoms with van der Waals surface area (Å²) in [5.41, 5.74) is -1.08. The van der Waals surface area contributed by atoms with Gasteiger partial charge in [-0.15, -0.1) is 6.58 Å². The first-order chi connectivity index (χ1) is 8.70. The summed E-state index contributed by atoms with van der Waals surface area (Å²) in [7, 11) is 0. The molecule has 1 saturated heterocycles. The Balaban J connectivity index is 2.80. The van der Waals surface area contributed by atoms with Crippen LogP contribution in [0.5, 0.6) is 0 Å². The van der Waals surface area contributed by atoms with Gasteiger partial charge in [0.2, 0.25) is 0 Å². The van der Waals surface area contributed by atoms with E-state index in [9.17, 15) is 9.90 Å². The molecule has 0 aliphatic carbocycles. The van der Waals surface area contributed by atoms with Gasteiger partial charge < -0.3 is 14.7 Å². The van der Waals surface area contributed by atoms with Crippen LogP contribution in [-0.2, 0) is 9.53 Å². The molecule has 108 valence electrons. The van der Waals surface area contributed by atoms with E-state index in [1.165, 1.54) is 0 Å². The highest BCUT2D eigenvalue weighted by Gasteiger charge is 2.42. The highest BCUT2D eigenvalue weighted by atomic mass is 16.5. The Kier molecular flexibility index (Phi) is 4.66. The number of carboxylic acid groups (broad SMARTS) is 1. The standard InChI is InChI=1S/C15H25NO3/c1-6-8-15(13(17)18)9-7-10-16(11-15)12(2)19-14(3,4)5/h6H,1-2,7-11H2,3-5H3,(H,17,18). The van der Waals surface area contributed by atoms with Gasteiger partial charge in [-0.05, 0) is 46.6 Å². The maximum Gasteiger partial charge on any atom is 0.311 e. The number of hydrogen-bond donors (Lipinski definition) is 1. The molecule has 1 heterocycles. The number of allylic oxidation sites excluding steroid dienone is 1. The van der Waals surface area contributed by atoms with E-state index in [-0.39, 0.29) is 5.60 Å². The fourth-order valence-corrected chi connectivity index (χ4v) is 2.47. The van der Waals surface area contributed by atoms with E-state index >= 15 is 0 Å². The molecule has 1 atom stereocenters. The zero-order valence-electron chi connectivity index (χ0n) is 12.2. The normalized spacial score (nSPS) is 23.8. The minimum atomic E-state index is -0.763. The van der Waals surface area contributed by atoms with Gasteiger partial charge in [0.25, 0.3) is 0 Å². The zero-order chi connectivity index (χ0) is 14.7. The minimum Gasteiger partial charge on any atom is -0.481 e.